The molecule has 1 aliphatic heterocycles. The highest BCUT2D eigenvalue weighted by Crippen LogP contribution is 2.26. The van der Waals surface area contributed by atoms with Crippen LogP contribution in [0, 0.1) is 0 Å². The van der Waals surface area contributed by atoms with E-state index in [1.165, 1.54) is 6.20 Å². The predicted octanol–water partition coefficient (Wildman–Crippen LogP) is 3.00. The third kappa shape index (κ3) is 3.37. The van der Waals surface area contributed by atoms with E-state index in [9.17, 15) is 9.59 Å². The van der Waals surface area contributed by atoms with Crippen LogP contribution in [0.15, 0.2) is 36.5 Å². The van der Waals surface area contributed by atoms with Gasteiger partial charge in [-0.1, -0.05) is 32.9 Å². The number of aromatic nitrogens is 1. The monoisotopic (exact) mass is 324 g/mol. The number of nitrogens with one attached hydrogen (secondary N) is 3. The van der Waals surface area contributed by atoms with E-state index in [1.807, 2.05) is 24.3 Å². The Labute approximate surface area is 140 Å². The van der Waals surface area contributed by atoms with Gasteiger partial charge in [0.15, 0.2) is 0 Å². The SMILES string of the molecule is CC(C)(C)c1cccc(NC(=O)c2cnc3c(c2)NC(=O)CN3)c1. The number of fused-ring (bicyclic) bond motifs is 1. The predicted molar refractivity (Wildman–Crippen MR) is 94.5 cm³/mol. The van der Waals surface area contributed by atoms with E-state index in [-0.39, 0.29) is 23.8 Å². The van der Waals surface area contributed by atoms with Crippen LogP contribution in [0.1, 0.15) is 36.7 Å². The van der Waals surface area contributed by atoms with Crippen molar-refractivity contribution in [3.8, 4) is 0 Å². The molecule has 0 fully saturated rings. The molecule has 0 saturated heterocycles. The molecular weight excluding hydrogens is 304 g/mol. The summed E-state index contributed by atoms with van der Waals surface area (Å²) in [5.74, 6) is 0.150. The normalized spacial score (nSPS) is 13.5. The fraction of sp³-hybridized carbons (Fsp3) is 0.278. The lowest BCUT2D eigenvalue weighted by atomic mass is 9.87. The van der Waals surface area contributed by atoms with Gasteiger partial charge in [0.25, 0.3) is 5.91 Å². The summed E-state index contributed by atoms with van der Waals surface area (Å²) in [4.78, 5) is 28.1. The summed E-state index contributed by atoms with van der Waals surface area (Å²) in [5, 5.41) is 8.48. The molecule has 3 rings (SSSR count). The van der Waals surface area contributed by atoms with Crippen LogP contribution >= 0.6 is 0 Å². The van der Waals surface area contributed by atoms with Gasteiger partial charge >= 0.3 is 0 Å². The van der Waals surface area contributed by atoms with Crippen LogP contribution < -0.4 is 16.0 Å². The molecule has 124 valence electrons. The Morgan fingerprint density at radius 1 is 1.25 bits per heavy atom. The lowest BCUT2D eigenvalue weighted by Crippen LogP contribution is -2.28. The second-order valence-electron chi connectivity index (χ2n) is 6.81. The summed E-state index contributed by atoms with van der Waals surface area (Å²) in [6.07, 6.45) is 1.49. The summed E-state index contributed by atoms with van der Waals surface area (Å²) in [6.45, 7) is 6.55. The number of amides is 2. The Balaban J connectivity index is 1.81. The minimum absolute atomic E-state index is 0.00403. The minimum Gasteiger partial charge on any atom is -0.359 e. The van der Waals surface area contributed by atoms with Crippen LogP contribution in [0.2, 0.25) is 0 Å². The molecule has 0 radical (unpaired) electrons. The highest BCUT2D eigenvalue weighted by atomic mass is 16.2. The molecule has 0 unspecified atom stereocenters. The standard InChI is InChI=1S/C18H20N4O2/c1-18(2,3)12-5-4-6-13(8-12)21-17(24)11-7-14-16(19-9-11)20-10-15(23)22-14/h4-9H,10H2,1-3H3,(H,19,20)(H,21,24)(H,22,23). The average Bonchev–Trinajstić information content (AvgIpc) is 2.53. The molecule has 3 N–H and O–H groups in total. The molecule has 0 spiro atoms. The maximum Gasteiger partial charge on any atom is 0.257 e. The third-order valence-electron chi connectivity index (χ3n) is 3.83. The first-order chi connectivity index (χ1) is 11.3. The van der Waals surface area contributed by atoms with Crippen LogP contribution in [0.5, 0.6) is 0 Å². The van der Waals surface area contributed by atoms with Crippen molar-refractivity contribution in [3.63, 3.8) is 0 Å². The maximum atomic E-state index is 12.5. The lowest BCUT2D eigenvalue weighted by molar-refractivity contribution is -0.114. The van der Waals surface area contributed by atoms with E-state index in [0.29, 0.717) is 17.1 Å². The number of anilines is 3. The summed E-state index contributed by atoms with van der Waals surface area (Å²) in [5.41, 5.74) is 2.78. The molecule has 0 saturated carbocycles. The molecule has 0 aliphatic carbocycles. The van der Waals surface area contributed by atoms with E-state index in [1.54, 1.807) is 6.07 Å². The molecule has 0 bridgehead atoms. The van der Waals surface area contributed by atoms with Crippen LogP contribution in [0.3, 0.4) is 0 Å². The van der Waals surface area contributed by atoms with E-state index < -0.39 is 0 Å². The van der Waals surface area contributed by atoms with Gasteiger partial charge in [-0.25, -0.2) is 4.98 Å². The number of hydrogen-bond donors (Lipinski definition) is 3. The number of carbonyl (C=O) groups is 2. The first-order valence-electron chi connectivity index (χ1n) is 7.78. The van der Waals surface area contributed by atoms with Gasteiger partial charge in [-0.2, -0.15) is 0 Å². The van der Waals surface area contributed by atoms with E-state index in [4.69, 9.17) is 0 Å². The van der Waals surface area contributed by atoms with Crippen molar-refractivity contribution in [2.75, 3.05) is 22.5 Å². The molecule has 2 heterocycles. The minimum atomic E-state index is -0.267. The fourth-order valence-electron chi connectivity index (χ4n) is 2.45. The van der Waals surface area contributed by atoms with E-state index in [0.717, 1.165) is 11.3 Å². The van der Waals surface area contributed by atoms with Gasteiger partial charge in [0.2, 0.25) is 5.91 Å². The van der Waals surface area contributed by atoms with Crippen molar-refractivity contribution in [3.05, 3.63) is 47.7 Å². The number of carbonyl (C=O) groups excluding carboxylic acids is 2. The number of pyridine rings is 1. The summed E-state index contributed by atoms with van der Waals surface area (Å²) < 4.78 is 0. The molecule has 1 aromatic heterocycles. The molecule has 0 atom stereocenters. The Morgan fingerprint density at radius 2 is 2.04 bits per heavy atom. The quantitative estimate of drug-likeness (QED) is 0.793. The fourth-order valence-corrected chi connectivity index (χ4v) is 2.45. The Hall–Kier alpha value is -2.89. The number of hydrogen-bond acceptors (Lipinski definition) is 4. The van der Waals surface area contributed by atoms with Gasteiger partial charge < -0.3 is 16.0 Å². The van der Waals surface area contributed by atoms with E-state index >= 15 is 0 Å². The Bertz CT molecular complexity index is 809. The molecule has 1 aromatic carbocycles. The summed E-state index contributed by atoms with van der Waals surface area (Å²) >= 11 is 0. The van der Waals surface area contributed by atoms with Crippen LogP contribution in [-0.2, 0) is 10.2 Å². The largest absolute Gasteiger partial charge is 0.359 e. The van der Waals surface area contributed by atoms with Crippen molar-refractivity contribution < 1.29 is 9.59 Å². The average molecular weight is 324 g/mol. The van der Waals surface area contributed by atoms with Crippen LogP contribution in [0.25, 0.3) is 0 Å². The van der Waals surface area contributed by atoms with Gasteiger partial charge in [0.05, 0.1) is 17.8 Å². The van der Waals surface area contributed by atoms with Crippen LogP contribution in [-0.4, -0.2) is 23.3 Å². The van der Waals surface area contributed by atoms with Crippen molar-refractivity contribution in [1.29, 1.82) is 0 Å². The highest BCUT2D eigenvalue weighted by Gasteiger charge is 2.18. The molecule has 6 nitrogen and oxygen atoms in total. The molecule has 2 amide bonds. The molecule has 1 aliphatic rings. The number of benzene rings is 1. The maximum absolute atomic E-state index is 12.5. The first kappa shape index (κ1) is 16.0. The molecule has 2 aromatic rings. The van der Waals surface area contributed by atoms with Crippen molar-refractivity contribution in [2.24, 2.45) is 0 Å². The zero-order valence-electron chi connectivity index (χ0n) is 13.9. The second-order valence-corrected chi connectivity index (χ2v) is 6.81. The Morgan fingerprint density at radius 3 is 2.79 bits per heavy atom. The zero-order valence-corrected chi connectivity index (χ0v) is 13.9. The van der Waals surface area contributed by atoms with Gasteiger partial charge in [-0.3, -0.25) is 9.59 Å². The zero-order chi connectivity index (χ0) is 17.3. The summed E-state index contributed by atoms with van der Waals surface area (Å²) in [7, 11) is 0. The molecule has 24 heavy (non-hydrogen) atoms. The van der Waals surface area contributed by atoms with E-state index in [2.05, 4.69) is 41.7 Å². The Kier molecular flexibility index (Phi) is 3.97. The van der Waals surface area contributed by atoms with Crippen molar-refractivity contribution in [1.82, 2.24) is 4.98 Å². The highest BCUT2D eigenvalue weighted by molar-refractivity contribution is 6.07. The lowest BCUT2D eigenvalue weighted by Gasteiger charge is -2.20. The molecule has 6 heteroatoms. The number of nitrogens with zero attached hydrogens (tertiary/aromatic N) is 1. The second kappa shape index (κ2) is 5.96. The number of rotatable bonds is 2. The third-order valence-corrected chi connectivity index (χ3v) is 3.83. The van der Waals surface area contributed by atoms with Crippen molar-refractivity contribution in [2.45, 2.75) is 26.2 Å². The first-order valence-corrected chi connectivity index (χ1v) is 7.78. The van der Waals surface area contributed by atoms with Gasteiger partial charge in [0.1, 0.15) is 5.82 Å². The summed E-state index contributed by atoms with van der Waals surface area (Å²) in [6, 6.07) is 9.40. The molecular formula is C18H20N4O2. The van der Waals surface area contributed by atoms with Crippen LogP contribution in [0.4, 0.5) is 17.2 Å². The van der Waals surface area contributed by atoms with Crippen molar-refractivity contribution >= 4 is 29.0 Å². The smallest absolute Gasteiger partial charge is 0.257 e. The topological polar surface area (TPSA) is 83.1 Å². The van der Waals surface area contributed by atoms with Gasteiger partial charge in [-0.05, 0) is 29.2 Å². The van der Waals surface area contributed by atoms with Gasteiger partial charge in [-0.15, -0.1) is 0 Å². The van der Waals surface area contributed by atoms with Gasteiger partial charge in [0, 0.05) is 11.9 Å².